The summed E-state index contributed by atoms with van der Waals surface area (Å²) >= 11 is 3.52. The van der Waals surface area contributed by atoms with Crippen molar-refractivity contribution in [1.29, 1.82) is 0 Å². The van der Waals surface area contributed by atoms with Gasteiger partial charge < -0.3 is 5.73 Å². The van der Waals surface area contributed by atoms with Crippen LogP contribution >= 0.6 is 15.9 Å². The van der Waals surface area contributed by atoms with E-state index in [1.807, 2.05) is 12.3 Å². The summed E-state index contributed by atoms with van der Waals surface area (Å²) in [7, 11) is 0. The highest BCUT2D eigenvalue weighted by molar-refractivity contribution is 9.10. The van der Waals surface area contributed by atoms with E-state index in [2.05, 4.69) is 27.0 Å². The van der Waals surface area contributed by atoms with Crippen molar-refractivity contribution in [3.05, 3.63) is 28.5 Å². The van der Waals surface area contributed by atoms with Crippen LogP contribution < -0.4 is 5.73 Å². The quantitative estimate of drug-likeness (QED) is 0.843. The van der Waals surface area contributed by atoms with E-state index >= 15 is 0 Å². The van der Waals surface area contributed by atoms with Gasteiger partial charge in [-0.3, -0.25) is 0 Å². The zero-order valence-corrected chi connectivity index (χ0v) is 9.76. The molecule has 1 aromatic rings. The van der Waals surface area contributed by atoms with Crippen molar-refractivity contribution in [2.24, 2.45) is 5.73 Å². The van der Waals surface area contributed by atoms with Gasteiger partial charge in [-0.25, -0.2) is 4.98 Å². The number of pyridine rings is 1. The maximum atomic E-state index is 5.68. The summed E-state index contributed by atoms with van der Waals surface area (Å²) < 4.78 is 0.994. The molecule has 1 aliphatic carbocycles. The van der Waals surface area contributed by atoms with Crippen LogP contribution in [0.4, 0.5) is 0 Å². The second-order valence-electron chi connectivity index (χ2n) is 4.01. The van der Waals surface area contributed by atoms with Gasteiger partial charge in [0.05, 0.1) is 0 Å². The lowest BCUT2D eigenvalue weighted by atomic mass is 9.63. The van der Waals surface area contributed by atoms with Crippen LogP contribution in [0.25, 0.3) is 0 Å². The zero-order chi connectivity index (χ0) is 10.0. The van der Waals surface area contributed by atoms with Gasteiger partial charge in [0.1, 0.15) is 4.60 Å². The molecule has 2 N–H and O–H groups in total. The lowest BCUT2D eigenvalue weighted by molar-refractivity contribution is 0.227. The smallest absolute Gasteiger partial charge is 0.109 e. The van der Waals surface area contributed by atoms with Crippen molar-refractivity contribution in [1.82, 2.24) is 4.98 Å². The summed E-state index contributed by atoms with van der Waals surface area (Å²) in [6.45, 7) is 0.765. The summed E-state index contributed by atoms with van der Waals surface area (Å²) in [5, 5.41) is 0. The molecule has 0 unspecified atom stereocenters. The van der Waals surface area contributed by atoms with Gasteiger partial charge in [0.25, 0.3) is 0 Å². The molecule has 2 nitrogen and oxygen atoms in total. The van der Waals surface area contributed by atoms with E-state index in [0.717, 1.165) is 17.6 Å². The average molecular weight is 255 g/mol. The van der Waals surface area contributed by atoms with Gasteiger partial charge >= 0.3 is 0 Å². The second kappa shape index (κ2) is 3.99. The molecule has 3 heteroatoms. The van der Waals surface area contributed by atoms with Crippen LogP contribution in [0.2, 0.25) is 0 Å². The first kappa shape index (κ1) is 10.1. The number of hydrogen-bond donors (Lipinski definition) is 1. The third-order valence-corrected chi connectivity index (χ3v) is 3.90. The Bertz CT molecular complexity index is 321. The molecule has 0 saturated heterocycles. The lowest BCUT2D eigenvalue weighted by Crippen LogP contribution is -2.36. The maximum Gasteiger partial charge on any atom is 0.109 e. The number of hydrogen-bond acceptors (Lipinski definition) is 2. The van der Waals surface area contributed by atoms with Crippen molar-refractivity contribution in [2.45, 2.75) is 31.1 Å². The van der Waals surface area contributed by atoms with E-state index in [-0.39, 0.29) is 0 Å². The molecule has 1 fully saturated rings. The van der Waals surface area contributed by atoms with Gasteiger partial charge in [0, 0.05) is 6.20 Å². The summed E-state index contributed by atoms with van der Waals surface area (Å²) in [5.41, 5.74) is 7.34. The first-order valence-corrected chi connectivity index (χ1v) is 5.89. The molecule has 1 aliphatic rings. The van der Waals surface area contributed by atoms with E-state index in [9.17, 15) is 0 Å². The lowest BCUT2D eigenvalue weighted by Gasteiger charge is -2.42. The van der Waals surface area contributed by atoms with Crippen LogP contribution in [0, 0.1) is 0 Å². The molecule has 0 radical (unpaired) electrons. The molecule has 1 saturated carbocycles. The van der Waals surface area contributed by atoms with E-state index in [1.165, 1.54) is 24.8 Å². The number of rotatable bonds is 3. The Morgan fingerprint density at radius 1 is 1.50 bits per heavy atom. The van der Waals surface area contributed by atoms with Gasteiger partial charge in [0.15, 0.2) is 0 Å². The predicted molar refractivity (Wildman–Crippen MR) is 61.1 cm³/mol. The third kappa shape index (κ3) is 1.59. The summed E-state index contributed by atoms with van der Waals surface area (Å²) in [4.78, 5) is 4.29. The fourth-order valence-electron chi connectivity index (χ4n) is 2.32. The molecular weight excluding hydrogens is 240 g/mol. The van der Waals surface area contributed by atoms with Gasteiger partial charge in [0.2, 0.25) is 0 Å². The first-order chi connectivity index (χ1) is 6.78. The molecule has 0 aliphatic heterocycles. The average Bonchev–Trinajstić information content (AvgIpc) is 2.13. The normalized spacial score (nSPS) is 19.0. The highest BCUT2D eigenvalue weighted by atomic mass is 79.9. The van der Waals surface area contributed by atoms with E-state index in [4.69, 9.17) is 5.73 Å². The highest BCUT2D eigenvalue weighted by Crippen LogP contribution is 2.47. The van der Waals surface area contributed by atoms with Gasteiger partial charge in [-0.2, -0.15) is 0 Å². The van der Waals surface area contributed by atoms with Crippen LogP contribution in [0.5, 0.6) is 0 Å². The highest BCUT2D eigenvalue weighted by Gasteiger charge is 2.39. The molecule has 0 bridgehead atoms. The molecule has 76 valence electrons. The van der Waals surface area contributed by atoms with Gasteiger partial charge in [-0.1, -0.05) is 12.5 Å². The largest absolute Gasteiger partial charge is 0.330 e. The fraction of sp³-hybridized carbons (Fsp3) is 0.545. The number of nitrogens with two attached hydrogens (primary N) is 1. The predicted octanol–water partition coefficient (Wildman–Crippen LogP) is 2.61. The number of halogens is 1. The molecule has 1 aromatic heterocycles. The van der Waals surface area contributed by atoms with Crippen LogP contribution in [0.15, 0.2) is 22.9 Å². The molecule has 0 aromatic carbocycles. The van der Waals surface area contributed by atoms with Gasteiger partial charge in [-0.15, -0.1) is 0 Å². The number of nitrogens with zero attached hydrogens (tertiary/aromatic N) is 1. The van der Waals surface area contributed by atoms with Crippen molar-refractivity contribution in [2.75, 3.05) is 6.54 Å². The van der Waals surface area contributed by atoms with Crippen molar-refractivity contribution in [3.8, 4) is 0 Å². The molecule has 2 rings (SSSR count). The Balaban J connectivity index is 2.32. The van der Waals surface area contributed by atoms with Crippen molar-refractivity contribution < 1.29 is 0 Å². The van der Waals surface area contributed by atoms with Gasteiger partial charge in [-0.05, 0) is 58.8 Å². The van der Waals surface area contributed by atoms with Crippen LogP contribution in [0.3, 0.4) is 0 Å². The monoisotopic (exact) mass is 254 g/mol. The van der Waals surface area contributed by atoms with E-state index in [0.29, 0.717) is 5.41 Å². The number of aromatic nitrogens is 1. The Morgan fingerprint density at radius 3 is 2.79 bits per heavy atom. The Morgan fingerprint density at radius 2 is 2.29 bits per heavy atom. The summed E-state index contributed by atoms with van der Waals surface area (Å²) in [6, 6.07) is 4.18. The first-order valence-electron chi connectivity index (χ1n) is 5.10. The minimum atomic E-state index is 0.321. The third-order valence-electron chi connectivity index (χ3n) is 3.26. The Labute approximate surface area is 93.0 Å². The Kier molecular flexibility index (Phi) is 2.88. The van der Waals surface area contributed by atoms with Crippen LogP contribution in [0.1, 0.15) is 31.2 Å². The molecule has 0 atom stereocenters. The fourth-order valence-corrected chi connectivity index (χ4v) is 2.99. The Hall–Kier alpha value is -0.410. The van der Waals surface area contributed by atoms with Crippen LogP contribution in [-0.2, 0) is 5.41 Å². The topological polar surface area (TPSA) is 38.9 Å². The minimum Gasteiger partial charge on any atom is -0.330 e. The summed E-state index contributed by atoms with van der Waals surface area (Å²) in [5.74, 6) is 0. The molecule has 1 heterocycles. The molecule has 0 spiro atoms. The van der Waals surface area contributed by atoms with Crippen LogP contribution in [-0.4, -0.2) is 11.5 Å². The van der Waals surface area contributed by atoms with E-state index < -0.39 is 0 Å². The second-order valence-corrected chi connectivity index (χ2v) is 4.77. The maximum absolute atomic E-state index is 5.68. The standard InChI is InChI=1S/C11H15BrN2/c12-10-9(3-1-8-14-10)11(6-7-13)4-2-5-11/h1,3,8H,2,4-7,13H2. The molecule has 14 heavy (non-hydrogen) atoms. The zero-order valence-electron chi connectivity index (χ0n) is 8.17. The van der Waals surface area contributed by atoms with Crippen molar-refractivity contribution in [3.63, 3.8) is 0 Å². The van der Waals surface area contributed by atoms with E-state index in [1.54, 1.807) is 0 Å². The SMILES string of the molecule is NCCC1(c2cccnc2Br)CCC1. The molecular formula is C11H15BrN2. The molecule has 0 amide bonds. The summed E-state index contributed by atoms with van der Waals surface area (Å²) in [6.07, 6.45) is 6.74. The minimum absolute atomic E-state index is 0.321. The van der Waals surface area contributed by atoms with Crippen molar-refractivity contribution >= 4 is 15.9 Å².